The van der Waals surface area contributed by atoms with Crippen LogP contribution in [0.3, 0.4) is 0 Å². The first kappa shape index (κ1) is 8.56. The summed E-state index contributed by atoms with van der Waals surface area (Å²) in [5.41, 5.74) is 0. The summed E-state index contributed by atoms with van der Waals surface area (Å²) < 4.78 is 5.44. The van der Waals surface area contributed by atoms with Crippen molar-refractivity contribution in [2.24, 2.45) is 0 Å². The van der Waals surface area contributed by atoms with Crippen LogP contribution < -0.4 is 4.74 Å². The SMILES string of the molecule is Oc1cccc(Oc2cccnc2)c1. The molecule has 0 aliphatic carbocycles. The third-order valence-corrected chi connectivity index (χ3v) is 1.69. The maximum atomic E-state index is 9.20. The molecule has 0 fully saturated rings. The van der Waals surface area contributed by atoms with Crippen molar-refractivity contribution >= 4 is 0 Å². The number of phenolic OH excluding ortho intramolecular Hbond substituents is 1. The highest BCUT2D eigenvalue weighted by Gasteiger charge is 1.96. The lowest BCUT2D eigenvalue weighted by atomic mass is 10.3. The molecule has 2 rings (SSSR count). The van der Waals surface area contributed by atoms with Crippen LogP contribution in [0.4, 0.5) is 0 Å². The highest BCUT2D eigenvalue weighted by Crippen LogP contribution is 2.23. The summed E-state index contributed by atoms with van der Waals surface area (Å²) in [5, 5.41) is 9.20. The molecular weight excluding hydrogens is 178 g/mol. The molecule has 0 amide bonds. The van der Waals surface area contributed by atoms with Crippen molar-refractivity contribution in [3.63, 3.8) is 0 Å². The van der Waals surface area contributed by atoms with Crippen LogP contribution in [-0.2, 0) is 0 Å². The lowest BCUT2D eigenvalue weighted by Gasteiger charge is -2.04. The van der Waals surface area contributed by atoms with E-state index < -0.39 is 0 Å². The van der Waals surface area contributed by atoms with Crippen LogP contribution in [0.15, 0.2) is 48.8 Å². The van der Waals surface area contributed by atoms with Gasteiger partial charge in [-0.15, -0.1) is 0 Å². The van der Waals surface area contributed by atoms with Crippen molar-refractivity contribution in [2.75, 3.05) is 0 Å². The molecule has 0 atom stereocenters. The van der Waals surface area contributed by atoms with E-state index in [9.17, 15) is 5.11 Å². The zero-order valence-electron chi connectivity index (χ0n) is 7.42. The maximum absolute atomic E-state index is 9.20. The number of nitrogens with zero attached hydrogens (tertiary/aromatic N) is 1. The summed E-state index contributed by atoms with van der Waals surface area (Å²) in [6.07, 6.45) is 3.29. The van der Waals surface area contributed by atoms with Crippen LogP contribution in [0.5, 0.6) is 17.2 Å². The summed E-state index contributed by atoms with van der Waals surface area (Å²) >= 11 is 0. The summed E-state index contributed by atoms with van der Waals surface area (Å²) in [7, 11) is 0. The van der Waals surface area contributed by atoms with Gasteiger partial charge in [-0.1, -0.05) is 6.07 Å². The number of benzene rings is 1. The first-order valence-corrected chi connectivity index (χ1v) is 4.21. The Labute approximate surface area is 81.6 Å². The second-order valence-electron chi connectivity index (χ2n) is 2.79. The second-order valence-corrected chi connectivity index (χ2v) is 2.79. The van der Waals surface area contributed by atoms with Gasteiger partial charge in [-0.05, 0) is 24.3 Å². The molecule has 0 bridgehead atoms. The van der Waals surface area contributed by atoms with E-state index in [1.807, 2.05) is 0 Å². The molecule has 70 valence electrons. The van der Waals surface area contributed by atoms with E-state index in [1.54, 1.807) is 48.8 Å². The van der Waals surface area contributed by atoms with Crippen LogP contribution in [0.25, 0.3) is 0 Å². The van der Waals surface area contributed by atoms with Gasteiger partial charge >= 0.3 is 0 Å². The molecule has 0 radical (unpaired) electrons. The van der Waals surface area contributed by atoms with Gasteiger partial charge in [-0.2, -0.15) is 0 Å². The highest BCUT2D eigenvalue weighted by molar-refractivity contribution is 5.35. The number of aromatic nitrogens is 1. The van der Waals surface area contributed by atoms with Crippen molar-refractivity contribution < 1.29 is 9.84 Å². The number of hydrogen-bond acceptors (Lipinski definition) is 3. The van der Waals surface area contributed by atoms with E-state index in [0.29, 0.717) is 11.5 Å². The standard InChI is InChI=1S/C11H9NO2/c13-9-3-1-4-10(7-9)14-11-5-2-6-12-8-11/h1-8,13H. The maximum Gasteiger partial charge on any atom is 0.145 e. The molecule has 14 heavy (non-hydrogen) atoms. The Hall–Kier alpha value is -2.03. The molecular formula is C11H9NO2. The Morgan fingerprint density at radius 1 is 1.07 bits per heavy atom. The Bertz CT molecular complexity index is 415. The van der Waals surface area contributed by atoms with Crippen LogP contribution in [0.1, 0.15) is 0 Å². The lowest BCUT2D eigenvalue weighted by molar-refractivity contribution is 0.454. The first-order chi connectivity index (χ1) is 6.84. The van der Waals surface area contributed by atoms with Crippen molar-refractivity contribution in [3.05, 3.63) is 48.8 Å². The molecule has 0 aliphatic rings. The Morgan fingerprint density at radius 3 is 2.64 bits per heavy atom. The highest BCUT2D eigenvalue weighted by atomic mass is 16.5. The first-order valence-electron chi connectivity index (χ1n) is 4.21. The average molecular weight is 187 g/mol. The zero-order valence-corrected chi connectivity index (χ0v) is 7.42. The molecule has 0 saturated carbocycles. The Balaban J connectivity index is 2.19. The van der Waals surface area contributed by atoms with Gasteiger partial charge < -0.3 is 9.84 Å². The normalized spacial score (nSPS) is 9.71. The molecule has 1 aromatic carbocycles. The summed E-state index contributed by atoms with van der Waals surface area (Å²) in [5.74, 6) is 1.43. The second kappa shape index (κ2) is 3.79. The van der Waals surface area contributed by atoms with Crippen molar-refractivity contribution in [2.45, 2.75) is 0 Å². The molecule has 0 unspecified atom stereocenters. The van der Waals surface area contributed by atoms with Gasteiger partial charge in [0.25, 0.3) is 0 Å². The third kappa shape index (κ3) is 2.01. The quantitative estimate of drug-likeness (QED) is 0.785. The fraction of sp³-hybridized carbons (Fsp3) is 0. The van der Waals surface area contributed by atoms with Crippen LogP contribution >= 0.6 is 0 Å². The fourth-order valence-corrected chi connectivity index (χ4v) is 1.09. The van der Waals surface area contributed by atoms with Crippen molar-refractivity contribution in [3.8, 4) is 17.2 Å². The van der Waals surface area contributed by atoms with Crippen LogP contribution in [0, 0.1) is 0 Å². The zero-order chi connectivity index (χ0) is 9.80. The van der Waals surface area contributed by atoms with Crippen molar-refractivity contribution in [1.82, 2.24) is 4.98 Å². The van der Waals surface area contributed by atoms with Crippen molar-refractivity contribution in [1.29, 1.82) is 0 Å². The van der Waals surface area contributed by atoms with Gasteiger partial charge in [0.1, 0.15) is 17.2 Å². The van der Waals surface area contributed by atoms with E-state index in [1.165, 1.54) is 0 Å². The number of ether oxygens (including phenoxy) is 1. The van der Waals surface area contributed by atoms with E-state index >= 15 is 0 Å². The lowest BCUT2D eigenvalue weighted by Crippen LogP contribution is -1.83. The molecule has 0 saturated heterocycles. The van der Waals surface area contributed by atoms with E-state index in [2.05, 4.69) is 4.98 Å². The summed E-state index contributed by atoms with van der Waals surface area (Å²) in [6, 6.07) is 10.2. The minimum absolute atomic E-state index is 0.186. The van der Waals surface area contributed by atoms with E-state index in [-0.39, 0.29) is 5.75 Å². The average Bonchev–Trinajstić information content (AvgIpc) is 2.19. The monoisotopic (exact) mass is 187 g/mol. The molecule has 0 spiro atoms. The van der Waals surface area contributed by atoms with Gasteiger partial charge in [-0.3, -0.25) is 4.98 Å². The fourth-order valence-electron chi connectivity index (χ4n) is 1.09. The number of pyridine rings is 1. The van der Waals surface area contributed by atoms with Gasteiger partial charge in [0.15, 0.2) is 0 Å². The molecule has 1 heterocycles. The van der Waals surface area contributed by atoms with E-state index in [4.69, 9.17) is 4.74 Å². The largest absolute Gasteiger partial charge is 0.508 e. The van der Waals surface area contributed by atoms with Gasteiger partial charge in [0, 0.05) is 12.3 Å². The van der Waals surface area contributed by atoms with Gasteiger partial charge in [0.2, 0.25) is 0 Å². The van der Waals surface area contributed by atoms with Crippen LogP contribution in [-0.4, -0.2) is 10.1 Å². The number of phenols is 1. The van der Waals surface area contributed by atoms with Gasteiger partial charge in [-0.25, -0.2) is 0 Å². The van der Waals surface area contributed by atoms with Gasteiger partial charge in [0.05, 0.1) is 6.20 Å². The predicted octanol–water partition coefficient (Wildman–Crippen LogP) is 2.58. The third-order valence-electron chi connectivity index (χ3n) is 1.69. The predicted molar refractivity (Wildman–Crippen MR) is 52.4 cm³/mol. The molecule has 1 aromatic heterocycles. The molecule has 1 N–H and O–H groups in total. The van der Waals surface area contributed by atoms with E-state index in [0.717, 1.165) is 0 Å². The molecule has 3 nitrogen and oxygen atoms in total. The topological polar surface area (TPSA) is 42.4 Å². The Kier molecular flexibility index (Phi) is 2.32. The number of rotatable bonds is 2. The molecule has 0 aliphatic heterocycles. The summed E-state index contributed by atoms with van der Waals surface area (Å²) in [6.45, 7) is 0. The minimum atomic E-state index is 0.186. The van der Waals surface area contributed by atoms with Crippen LogP contribution in [0.2, 0.25) is 0 Å². The number of aromatic hydroxyl groups is 1. The smallest absolute Gasteiger partial charge is 0.145 e. The summed E-state index contributed by atoms with van der Waals surface area (Å²) in [4.78, 5) is 3.92. The molecule has 3 heteroatoms. The molecule has 2 aromatic rings. The number of hydrogen-bond donors (Lipinski definition) is 1. The Morgan fingerprint density at radius 2 is 1.93 bits per heavy atom. The minimum Gasteiger partial charge on any atom is -0.508 e.